The molecule has 16 heavy (non-hydrogen) atoms. The Morgan fingerprint density at radius 2 is 2.31 bits per heavy atom. The zero-order valence-corrected chi connectivity index (χ0v) is 10.5. The number of pyridine rings is 1. The highest BCUT2D eigenvalue weighted by Crippen LogP contribution is 2.32. The standard InChI is InChI=1S/C12H17ClN2O/c1-12(2)3-4-15(8-12)11-5-9(7-16)10(13)6-14-11/h5-6,16H,3-4,7-8H2,1-2H3. The second-order valence-corrected chi connectivity index (χ2v) is 5.53. The minimum atomic E-state index is -0.0361. The summed E-state index contributed by atoms with van der Waals surface area (Å²) in [5, 5.41) is 9.69. The van der Waals surface area contributed by atoms with Crippen LogP contribution in [0.25, 0.3) is 0 Å². The molecule has 2 rings (SSSR count). The molecule has 1 saturated heterocycles. The van der Waals surface area contributed by atoms with Crippen LogP contribution in [0.2, 0.25) is 5.02 Å². The molecule has 1 N–H and O–H groups in total. The van der Waals surface area contributed by atoms with E-state index in [4.69, 9.17) is 16.7 Å². The van der Waals surface area contributed by atoms with Gasteiger partial charge in [-0.3, -0.25) is 0 Å². The molecule has 0 bridgehead atoms. The molecule has 0 amide bonds. The van der Waals surface area contributed by atoms with Gasteiger partial charge in [0.05, 0.1) is 11.6 Å². The molecule has 0 saturated carbocycles. The van der Waals surface area contributed by atoms with Gasteiger partial charge in [-0.1, -0.05) is 25.4 Å². The van der Waals surface area contributed by atoms with Crippen molar-refractivity contribution in [2.45, 2.75) is 26.9 Å². The highest BCUT2D eigenvalue weighted by molar-refractivity contribution is 6.31. The fraction of sp³-hybridized carbons (Fsp3) is 0.583. The van der Waals surface area contributed by atoms with Gasteiger partial charge in [-0.25, -0.2) is 4.98 Å². The number of aliphatic hydroxyl groups excluding tert-OH is 1. The molecule has 0 aromatic carbocycles. The Bertz CT molecular complexity index is 393. The molecule has 1 aromatic rings. The molecule has 1 fully saturated rings. The van der Waals surface area contributed by atoms with E-state index in [1.165, 1.54) is 6.42 Å². The predicted octanol–water partition coefficient (Wildman–Crippen LogP) is 2.46. The second kappa shape index (κ2) is 4.22. The SMILES string of the molecule is CC1(C)CCN(c2cc(CO)c(Cl)cn2)C1. The molecule has 2 heterocycles. The van der Waals surface area contributed by atoms with Crippen LogP contribution in [0.5, 0.6) is 0 Å². The molecular formula is C12H17ClN2O. The summed E-state index contributed by atoms with van der Waals surface area (Å²) in [5.41, 5.74) is 1.09. The number of hydrogen-bond acceptors (Lipinski definition) is 3. The lowest BCUT2D eigenvalue weighted by atomic mass is 9.93. The molecule has 0 atom stereocenters. The molecule has 0 spiro atoms. The van der Waals surface area contributed by atoms with Crippen molar-refractivity contribution in [1.82, 2.24) is 4.98 Å². The molecular weight excluding hydrogens is 224 g/mol. The van der Waals surface area contributed by atoms with E-state index in [0.29, 0.717) is 10.4 Å². The minimum absolute atomic E-state index is 0.0361. The number of aliphatic hydroxyl groups is 1. The third-order valence-electron chi connectivity index (χ3n) is 3.09. The van der Waals surface area contributed by atoms with E-state index in [1.807, 2.05) is 6.07 Å². The summed E-state index contributed by atoms with van der Waals surface area (Å²) >= 11 is 5.92. The van der Waals surface area contributed by atoms with E-state index >= 15 is 0 Å². The summed E-state index contributed by atoms with van der Waals surface area (Å²) in [5.74, 6) is 0.916. The quantitative estimate of drug-likeness (QED) is 0.863. The smallest absolute Gasteiger partial charge is 0.128 e. The molecule has 1 aliphatic rings. The van der Waals surface area contributed by atoms with Gasteiger partial charge in [0.25, 0.3) is 0 Å². The molecule has 0 radical (unpaired) electrons. The van der Waals surface area contributed by atoms with Crippen molar-refractivity contribution in [2.24, 2.45) is 5.41 Å². The van der Waals surface area contributed by atoms with Crippen molar-refractivity contribution in [3.8, 4) is 0 Å². The van der Waals surface area contributed by atoms with Gasteiger partial charge >= 0.3 is 0 Å². The van der Waals surface area contributed by atoms with Crippen molar-refractivity contribution in [3.05, 3.63) is 22.8 Å². The summed E-state index contributed by atoms with van der Waals surface area (Å²) in [6, 6.07) is 1.88. The molecule has 1 aliphatic heterocycles. The number of hydrogen-bond donors (Lipinski definition) is 1. The van der Waals surface area contributed by atoms with Crippen molar-refractivity contribution in [2.75, 3.05) is 18.0 Å². The van der Waals surface area contributed by atoms with Crippen LogP contribution in [0.1, 0.15) is 25.8 Å². The summed E-state index contributed by atoms with van der Waals surface area (Å²) in [6.45, 7) is 6.51. The van der Waals surface area contributed by atoms with Gasteiger partial charge in [0, 0.05) is 24.8 Å². The first-order chi connectivity index (χ1) is 7.52. The summed E-state index contributed by atoms with van der Waals surface area (Å²) < 4.78 is 0. The zero-order chi connectivity index (χ0) is 11.8. The lowest BCUT2D eigenvalue weighted by molar-refractivity contribution is 0.282. The normalized spacial score (nSPS) is 19.1. The van der Waals surface area contributed by atoms with Crippen molar-refractivity contribution >= 4 is 17.4 Å². The van der Waals surface area contributed by atoms with Gasteiger partial charge in [-0.2, -0.15) is 0 Å². The molecule has 1 aromatic heterocycles. The van der Waals surface area contributed by atoms with Crippen molar-refractivity contribution in [1.29, 1.82) is 0 Å². The third-order valence-corrected chi connectivity index (χ3v) is 3.43. The van der Waals surface area contributed by atoms with Gasteiger partial charge < -0.3 is 10.0 Å². The highest BCUT2D eigenvalue weighted by Gasteiger charge is 2.29. The number of aromatic nitrogens is 1. The highest BCUT2D eigenvalue weighted by atomic mass is 35.5. The largest absolute Gasteiger partial charge is 0.392 e. The average Bonchev–Trinajstić information content (AvgIpc) is 2.59. The first-order valence-electron chi connectivity index (χ1n) is 5.52. The van der Waals surface area contributed by atoms with Crippen molar-refractivity contribution in [3.63, 3.8) is 0 Å². The van der Waals surface area contributed by atoms with Crippen molar-refractivity contribution < 1.29 is 5.11 Å². The van der Waals surface area contributed by atoms with E-state index < -0.39 is 0 Å². The van der Waals surface area contributed by atoms with Crippen LogP contribution in [-0.4, -0.2) is 23.2 Å². The van der Waals surface area contributed by atoms with E-state index in [-0.39, 0.29) is 6.61 Å². The monoisotopic (exact) mass is 240 g/mol. The molecule has 3 nitrogen and oxygen atoms in total. The van der Waals surface area contributed by atoms with Gasteiger partial charge in [0.15, 0.2) is 0 Å². The van der Waals surface area contributed by atoms with E-state index in [9.17, 15) is 0 Å². The Balaban J connectivity index is 2.22. The first-order valence-corrected chi connectivity index (χ1v) is 5.90. The Hall–Kier alpha value is -0.800. The van der Waals surface area contributed by atoms with Gasteiger partial charge in [0.2, 0.25) is 0 Å². The van der Waals surface area contributed by atoms with Crippen LogP contribution in [0.3, 0.4) is 0 Å². The lowest BCUT2D eigenvalue weighted by Gasteiger charge is -2.21. The van der Waals surface area contributed by atoms with Gasteiger partial charge in [0.1, 0.15) is 5.82 Å². The predicted molar refractivity (Wildman–Crippen MR) is 65.8 cm³/mol. The van der Waals surface area contributed by atoms with Crippen LogP contribution >= 0.6 is 11.6 Å². The summed E-state index contributed by atoms with van der Waals surface area (Å²) in [7, 11) is 0. The number of rotatable bonds is 2. The Morgan fingerprint density at radius 3 is 2.88 bits per heavy atom. The number of halogens is 1. The number of nitrogens with zero attached hydrogens (tertiary/aromatic N) is 2. The van der Waals surface area contributed by atoms with Crippen LogP contribution in [0.4, 0.5) is 5.82 Å². The summed E-state index contributed by atoms with van der Waals surface area (Å²) in [6.07, 6.45) is 2.79. The molecule has 0 unspecified atom stereocenters. The zero-order valence-electron chi connectivity index (χ0n) is 9.70. The Morgan fingerprint density at radius 1 is 1.56 bits per heavy atom. The van der Waals surface area contributed by atoms with Crippen LogP contribution < -0.4 is 4.90 Å². The number of anilines is 1. The van der Waals surface area contributed by atoms with Crippen LogP contribution in [0, 0.1) is 5.41 Å². The molecule has 4 heteroatoms. The van der Waals surface area contributed by atoms with Gasteiger partial charge in [-0.15, -0.1) is 0 Å². The first kappa shape index (κ1) is 11.7. The fourth-order valence-corrected chi connectivity index (χ4v) is 2.23. The topological polar surface area (TPSA) is 36.4 Å². The van der Waals surface area contributed by atoms with Crippen LogP contribution in [0.15, 0.2) is 12.3 Å². The van der Waals surface area contributed by atoms with Crippen LogP contribution in [-0.2, 0) is 6.61 Å². The molecule has 88 valence electrons. The maximum Gasteiger partial charge on any atom is 0.128 e. The average molecular weight is 241 g/mol. The van der Waals surface area contributed by atoms with Gasteiger partial charge in [-0.05, 0) is 17.9 Å². The second-order valence-electron chi connectivity index (χ2n) is 5.13. The molecule has 0 aliphatic carbocycles. The van der Waals surface area contributed by atoms with E-state index in [1.54, 1.807) is 6.20 Å². The Kier molecular flexibility index (Phi) is 3.08. The lowest BCUT2D eigenvalue weighted by Crippen LogP contribution is -2.23. The fourth-order valence-electron chi connectivity index (χ4n) is 2.07. The van der Waals surface area contributed by atoms with E-state index in [2.05, 4.69) is 23.7 Å². The Labute approximate surface area is 101 Å². The minimum Gasteiger partial charge on any atom is -0.392 e. The third kappa shape index (κ3) is 2.30. The maximum atomic E-state index is 9.16. The van der Waals surface area contributed by atoms with E-state index in [0.717, 1.165) is 24.5 Å². The maximum absolute atomic E-state index is 9.16. The summed E-state index contributed by atoms with van der Waals surface area (Å²) in [4.78, 5) is 6.56.